The molecule has 2 aromatic rings. The molecule has 42 heavy (non-hydrogen) atoms. The first-order chi connectivity index (χ1) is 19.0. The molecule has 235 valence electrons. The number of carbonyl (C=O) groups is 2. The first-order valence-corrected chi connectivity index (χ1v) is 14.0. The predicted molar refractivity (Wildman–Crippen MR) is 163 cm³/mol. The summed E-state index contributed by atoms with van der Waals surface area (Å²) in [5.41, 5.74) is 5.79. The maximum absolute atomic E-state index is 10.7. The van der Waals surface area contributed by atoms with Crippen LogP contribution in [0.3, 0.4) is 0 Å². The third-order valence-corrected chi connectivity index (χ3v) is 5.61. The summed E-state index contributed by atoms with van der Waals surface area (Å²) in [7, 11) is 0. The van der Waals surface area contributed by atoms with Crippen LogP contribution in [0.5, 0.6) is 11.5 Å². The number of nitrogens with zero attached hydrogens (tertiary/aromatic N) is 2. The van der Waals surface area contributed by atoms with E-state index in [2.05, 4.69) is 77.5 Å². The number of aliphatic carboxylic acids is 2. The number of hydrogen-bond donors (Lipinski definition) is 2. The van der Waals surface area contributed by atoms with E-state index < -0.39 is 11.9 Å². The van der Waals surface area contributed by atoms with Gasteiger partial charge in [0.25, 0.3) is 0 Å². The fourth-order valence-electron chi connectivity index (χ4n) is 4.07. The molecule has 1 radical (unpaired) electrons. The average molecular weight is 628 g/mol. The van der Waals surface area contributed by atoms with E-state index in [4.69, 9.17) is 19.8 Å². The molecule has 0 atom stereocenters. The Bertz CT molecular complexity index is 1090. The maximum Gasteiger partial charge on any atom is 2.00 e. The molecular formula is C33H48CoN2O6. The van der Waals surface area contributed by atoms with Crippen LogP contribution in [0.2, 0.25) is 0 Å². The third kappa shape index (κ3) is 16.9. The van der Waals surface area contributed by atoms with Crippen molar-refractivity contribution in [2.24, 2.45) is 21.8 Å². The molecule has 0 saturated heterocycles. The number of aromatic hydroxyl groups is 2. The van der Waals surface area contributed by atoms with Crippen molar-refractivity contribution in [2.75, 3.05) is 6.67 Å². The van der Waals surface area contributed by atoms with Crippen molar-refractivity contribution in [1.82, 2.24) is 0 Å². The van der Waals surface area contributed by atoms with Crippen LogP contribution in [0, 0.1) is 11.8 Å². The first kappa shape index (κ1) is 41.0. The summed E-state index contributed by atoms with van der Waals surface area (Å²) in [5, 5.41) is 39.2. The molecule has 2 N–H and O–H groups in total. The normalized spacial score (nSPS) is 11.0. The molecule has 0 heterocycles. The number of carbonyl (C=O) groups excluding carboxylic acids is 2. The molecule has 0 spiro atoms. The zero-order valence-corrected chi connectivity index (χ0v) is 27.7. The number of carboxylic acids is 2. The van der Waals surface area contributed by atoms with Gasteiger partial charge in [0.05, 0.1) is 0 Å². The molecular weight excluding hydrogens is 579 g/mol. The quantitative estimate of drug-likeness (QED) is 0.364. The Morgan fingerprint density at radius 2 is 0.976 bits per heavy atom. The van der Waals surface area contributed by atoms with Crippen LogP contribution in [-0.2, 0) is 39.2 Å². The Morgan fingerprint density at radius 1 is 0.690 bits per heavy atom. The molecule has 0 fully saturated rings. The maximum atomic E-state index is 10.7. The summed E-state index contributed by atoms with van der Waals surface area (Å²) < 4.78 is 0. The van der Waals surface area contributed by atoms with Crippen molar-refractivity contribution in [1.29, 1.82) is 0 Å². The molecule has 0 aliphatic heterocycles. The first-order valence-electron chi connectivity index (χ1n) is 14.0. The van der Waals surface area contributed by atoms with Crippen LogP contribution in [0.1, 0.15) is 114 Å². The molecule has 2 rings (SSSR count). The SMILES string of the molecule is CC(=O)[O-].CC(=O)[O-].CC(C)Cc1cc(C=NCN=Cc2cc(CC(C)C)cc(C(C)C)c2O)c(O)c(C(C)C)c1.[Co+2]. The van der Waals surface area contributed by atoms with Gasteiger partial charge in [0.1, 0.15) is 18.2 Å². The van der Waals surface area contributed by atoms with Crippen LogP contribution in [-0.4, -0.2) is 41.2 Å². The molecule has 8 nitrogen and oxygen atoms in total. The van der Waals surface area contributed by atoms with Crippen molar-refractivity contribution >= 4 is 24.4 Å². The standard InChI is InChI=1S/C29H42N2O2.2C2H4O2.Co/c1-18(2)9-22-11-24(28(32)26(13-22)20(5)6)15-30-17-31-16-25-12-23(10-19(3)4)14-27(21(7)8)29(25)33;2*1-2(3)4;/h11-16,18-21,32-33H,9-10,17H2,1-8H3;2*1H3,(H,3,4);/q;;;+2/p-2. The minimum Gasteiger partial charge on any atom is -0.550 e. The molecule has 0 aliphatic carbocycles. The number of carboxylic acid groups (broad SMARTS) is 2. The van der Waals surface area contributed by atoms with E-state index in [9.17, 15) is 10.2 Å². The van der Waals surface area contributed by atoms with E-state index in [1.165, 1.54) is 11.1 Å². The van der Waals surface area contributed by atoms with Gasteiger partial charge < -0.3 is 30.0 Å². The number of aliphatic imine (C=N–C) groups is 2. The van der Waals surface area contributed by atoms with Crippen LogP contribution in [0.15, 0.2) is 34.3 Å². The fraction of sp³-hybridized carbons (Fsp3) is 0.515. The van der Waals surface area contributed by atoms with E-state index in [1.807, 2.05) is 12.1 Å². The molecule has 0 aromatic heterocycles. The number of phenolic OH excluding ortho intramolecular Hbond substituents is 2. The van der Waals surface area contributed by atoms with Crippen LogP contribution in [0.25, 0.3) is 0 Å². The van der Waals surface area contributed by atoms with E-state index in [0.717, 1.165) is 48.9 Å². The summed E-state index contributed by atoms with van der Waals surface area (Å²) in [6, 6.07) is 8.25. The van der Waals surface area contributed by atoms with Crippen LogP contribution < -0.4 is 10.2 Å². The molecule has 0 unspecified atom stereocenters. The topological polar surface area (TPSA) is 145 Å². The second-order valence-electron chi connectivity index (χ2n) is 11.5. The van der Waals surface area contributed by atoms with Crippen molar-refractivity contribution < 1.29 is 46.8 Å². The van der Waals surface area contributed by atoms with Crippen molar-refractivity contribution in [3.63, 3.8) is 0 Å². The molecule has 0 aliphatic rings. The summed E-state index contributed by atoms with van der Waals surface area (Å²) in [5.74, 6) is -0.0219. The van der Waals surface area contributed by atoms with Gasteiger partial charge in [0.15, 0.2) is 0 Å². The van der Waals surface area contributed by atoms with Crippen molar-refractivity contribution in [3.8, 4) is 11.5 Å². The fourth-order valence-corrected chi connectivity index (χ4v) is 4.07. The largest absolute Gasteiger partial charge is 2.00 e. The molecule has 2 aromatic carbocycles. The number of hydrogen-bond acceptors (Lipinski definition) is 8. The zero-order chi connectivity index (χ0) is 31.9. The Morgan fingerprint density at radius 3 is 1.21 bits per heavy atom. The van der Waals surface area contributed by atoms with Gasteiger partial charge in [-0.2, -0.15) is 0 Å². The summed E-state index contributed by atoms with van der Waals surface area (Å²) in [6.07, 6.45) is 5.33. The third-order valence-electron chi connectivity index (χ3n) is 5.61. The molecule has 9 heteroatoms. The minimum atomic E-state index is -1.08. The monoisotopic (exact) mass is 627 g/mol. The smallest absolute Gasteiger partial charge is 0.550 e. The van der Waals surface area contributed by atoms with Gasteiger partial charge in [-0.15, -0.1) is 0 Å². The minimum absolute atomic E-state index is 0. The average Bonchev–Trinajstić information content (AvgIpc) is 2.80. The van der Waals surface area contributed by atoms with Gasteiger partial charge in [0.2, 0.25) is 0 Å². The van der Waals surface area contributed by atoms with Gasteiger partial charge in [-0.1, -0.05) is 67.5 Å². The van der Waals surface area contributed by atoms with E-state index in [0.29, 0.717) is 23.3 Å². The Kier molecular flexibility index (Phi) is 20.2. The Labute approximate surface area is 262 Å². The van der Waals surface area contributed by atoms with Gasteiger partial charge in [0, 0.05) is 35.5 Å². The van der Waals surface area contributed by atoms with Gasteiger partial charge in [-0.25, -0.2) is 0 Å². The Hall–Kier alpha value is -3.17. The second kappa shape index (κ2) is 20.7. The van der Waals surface area contributed by atoms with Gasteiger partial charge >= 0.3 is 16.8 Å². The van der Waals surface area contributed by atoms with E-state index in [1.54, 1.807) is 12.4 Å². The van der Waals surface area contributed by atoms with Crippen LogP contribution in [0.4, 0.5) is 0 Å². The van der Waals surface area contributed by atoms with Gasteiger partial charge in [-0.3, -0.25) is 9.98 Å². The summed E-state index contributed by atoms with van der Waals surface area (Å²) >= 11 is 0. The van der Waals surface area contributed by atoms with Crippen molar-refractivity contribution in [3.05, 3.63) is 57.6 Å². The number of rotatable bonds is 10. The zero-order valence-electron chi connectivity index (χ0n) is 26.7. The molecule has 0 amide bonds. The van der Waals surface area contributed by atoms with Gasteiger partial charge in [-0.05, 0) is 84.7 Å². The van der Waals surface area contributed by atoms with Crippen LogP contribution >= 0.6 is 0 Å². The van der Waals surface area contributed by atoms with E-state index in [-0.39, 0.29) is 35.3 Å². The Balaban J connectivity index is 0. The second-order valence-corrected chi connectivity index (χ2v) is 11.5. The number of phenols is 2. The summed E-state index contributed by atoms with van der Waals surface area (Å²) in [4.78, 5) is 26.6. The summed E-state index contributed by atoms with van der Waals surface area (Å²) in [6.45, 7) is 19.3. The molecule has 0 bridgehead atoms. The van der Waals surface area contributed by atoms with Crippen molar-refractivity contribution in [2.45, 2.75) is 93.9 Å². The van der Waals surface area contributed by atoms with E-state index >= 15 is 0 Å². The molecule has 0 saturated carbocycles. The number of benzene rings is 2. The predicted octanol–water partition coefficient (Wildman–Crippen LogP) is 4.75.